The summed E-state index contributed by atoms with van der Waals surface area (Å²) in [6.07, 6.45) is 0. The van der Waals surface area contributed by atoms with Gasteiger partial charge in [-0.3, -0.25) is 18.7 Å². The van der Waals surface area contributed by atoms with Crippen LogP contribution in [0, 0.1) is 0 Å². The fourth-order valence-electron chi connectivity index (χ4n) is 3.56. The summed E-state index contributed by atoms with van der Waals surface area (Å²) in [5.41, 5.74) is 0.493. The van der Waals surface area contributed by atoms with Crippen molar-refractivity contribution in [2.75, 3.05) is 7.11 Å². The number of carboxylic acid groups (broad SMARTS) is 1. The Balaban J connectivity index is 1.63. The van der Waals surface area contributed by atoms with E-state index in [1.54, 1.807) is 44.5 Å². The molecule has 0 fully saturated rings. The van der Waals surface area contributed by atoms with Gasteiger partial charge in [-0.1, -0.05) is 12.1 Å². The molecule has 0 aliphatic carbocycles. The molecule has 4 rings (SSSR count). The second-order valence-electron chi connectivity index (χ2n) is 7.57. The zero-order chi connectivity index (χ0) is 24.4. The average molecular weight is 480 g/mol. The van der Waals surface area contributed by atoms with Crippen molar-refractivity contribution in [3.05, 3.63) is 96.3 Å². The van der Waals surface area contributed by atoms with Crippen molar-refractivity contribution in [2.24, 2.45) is 7.05 Å². The molecule has 0 aliphatic heterocycles. The second kappa shape index (κ2) is 9.36. The summed E-state index contributed by atoms with van der Waals surface area (Å²) in [6.45, 7) is 0.232. The molecule has 174 valence electrons. The number of aromatic nitrogens is 2. The normalized spacial score (nSPS) is 10.9. The average Bonchev–Trinajstić information content (AvgIpc) is 3.33. The van der Waals surface area contributed by atoms with Crippen LogP contribution in [0.15, 0.2) is 64.2 Å². The van der Waals surface area contributed by atoms with Gasteiger partial charge in [0.15, 0.2) is 0 Å². The fraction of sp³-hybridized carbons (Fsp3) is 0.167. The number of amides is 1. The highest BCUT2D eigenvalue weighted by Crippen LogP contribution is 2.18. The molecule has 2 N–H and O–H groups in total. The van der Waals surface area contributed by atoms with Gasteiger partial charge < -0.3 is 15.2 Å². The lowest BCUT2D eigenvalue weighted by molar-refractivity contribution is 0.0702. The number of aromatic carboxylic acids is 1. The number of ether oxygens (including phenoxy) is 1. The monoisotopic (exact) mass is 479 g/mol. The molecule has 1 amide bonds. The van der Waals surface area contributed by atoms with Crippen molar-refractivity contribution < 1.29 is 19.4 Å². The van der Waals surface area contributed by atoms with Gasteiger partial charge in [0.25, 0.3) is 11.5 Å². The van der Waals surface area contributed by atoms with E-state index in [0.717, 1.165) is 21.5 Å². The third-order valence-electron chi connectivity index (χ3n) is 5.41. The third-order valence-corrected chi connectivity index (χ3v) is 6.47. The molecule has 0 saturated heterocycles. The van der Waals surface area contributed by atoms with Crippen molar-refractivity contribution in [2.45, 2.75) is 13.1 Å². The van der Waals surface area contributed by atoms with Crippen LogP contribution in [0.5, 0.6) is 5.75 Å². The number of methoxy groups -OCH3 is 1. The fourth-order valence-corrected chi connectivity index (χ4v) is 4.39. The van der Waals surface area contributed by atoms with Crippen LogP contribution in [0.25, 0.3) is 10.9 Å². The van der Waals surface area contributed by atoms with Crippen LogP contribution in [0.4, 0.5) is 0 Å². The minimum absolute atomic E-state index is 0.0622. The maximum atomic E-state index is 13.2. The SMILES string of the molecule is COc1ccc(CNC(=O)c2ccc3c(c2)c(=O)n(Cc2ccc(C(=O)O)s2)c(=O)n3C)cc1. The minimum atomic E-state index is -1.07. The number of hydrogen-bond donors (Lipinski definition) is 2. The Morgan fingerprint density at radius 2 is 1.79 bits per heavy atom. The molecule has 0 unspecified atom stereocenters. The van der Waals surface area contributed by atoms with E-state index in [4.69, 9.17) is 9.84 Å². The van der Waals surface area contributed by atoms with Crippen LogP contribution in [0.2, 0.25) is 0 Å². The predicted molar refractivity (Wildman–Crippen MR) is 128 cm³/mol. The Bertz CT molecular complexity index is 1510. The number of aryl methyl sites for hydroxylation is 1. The Hall–Kier alpha value is -4.18. The topological polar surface area (TPSA) is 120 Å². The van der Waals surface area contributed by atoms with E-state index in [9.17, 15) is 19.2 Å². The summed E-state index contributed by atoms with van der Waals surface area (Å²) in [5.74, 6) is -0.713. The Morgan fingerprint density at radius 1 is 1.06 bits per heavy atom. The smallest absolute Gasteiger partial charge is 0.345 e. The van der Waals surface area contributed by atoms with Gasteiger partial charge in [-0.2, -0.15) is 0 Å². The van der Waals surface area contributed by atoms with E-state index in [2.05, 4.69) is 5.32 Å². The van der Waals surface area contributed by atoms with Crippen molar-refractivity contribution in [3.8, 4) is 5.75 Å². The number of fused-ring (bicyclic) bond motifs is 1. The zero-order valence-corrected chi connectivity index (χ0v) is 19.2. The number of carboxylic acids is 1. The largest absolute Gasteiger partial charge is 0.497 e. The maximum Gasteiger partial charge on any atom is 0.345 e. The highest BCUT2D eigenvalue weighted by atomic mass is 32.1. The summed E-state index contributed by atoms with van der Waals surface area (Å²) in [7, 11) is 3.12. The first-order valence-electron chi connectivity index (χ1n) is 10.2. The van der Waals surface area contributed by atoms with E-state index in [1.165, 1.54) is 16.7 Å². The van der Waals surface area contributed by atoms with Gasteiger partial charge in [-0.25, -0.2) is 9.59 Å². The van der Waals surface area contributed by atoms with E-state index in [0.29, 0.717) is 22.7 Å². The molecule has 0 saturated carbocycles. The van der Waals surface area contributed by atoms with E-state index < -0.39 is 17.2 Å². The number of nitrogens with zero attached hydrogens (tertiary/aromatic N) is 2. The summed E-state index contributed by atoms with van der Waals surface area (Å²) in [6, 6.07) is 14.9. The van der Waals surface area contributed by atoms with E-state index in [1.807, 2.05) is 12.1 Å². The van der Waals surface area contributed by atoms with Crippen molar-refractivity contribution in [1.29, 1.82) is 0 Å². The maximum absolute atomic E-state index is 13.2. The summed E-state index contributed by atoms with van der Waals surface area (Å²) in [5, 5.41) is 12.2. The highest BCUT2D eigenvalue weighted by Gasteiger charge is 2.16. The van der Waals surface area contributed by atoms with E-state index in [-0.39, 0.29) is 28.3 Å². The molecule has 0 aliphatic rings. The van der Waals surface area contributed by atoms with Crippen LogP contribution < -0.4 is 21.3 Å². The first-order valence-corrected chi connectivity index (χ1v) is 11.1. The molecule has 0 radical (unpaired) electrons. The van der Waals surface area contributed by atoms with Crippen molar-refractivity contribution in [1.82, 2.24) is 14.5 Å². The molecule has 2 heterocycles. The number of hydrogen-bond acceptors (Lipinski definition) is 6. The minimum Gasteiger partial charge on any atom is -0.497 e. The van der Waals surface area contributed by atoms with Gasteiger partial charge in [0.2, 0.25) is 0 Å². The summed E-state index contributed by atoms with van der Waals surface area (Å²) in [4.78, 5) is 50.5. The first-order chi connectivity index (χ1) is 16.3. The lowest BCUT2D eigenvalue weighted by Crippen LogP contribution is -2.39. The number of benzene rings is 2. The molecular weight excluding hydrogens is 458 g/mol. The third kappa shape index (κ3) is 4.48. The highest BCUT2D eigenvalue weighted by molar-refractivity contribution is 7.13. The molecular formula is C24H21N3O6S. The van der Waals surface area contributed by atoms with Crippen LogP contribution >= 0.6 is 11.3 Å². The van der Waals surface area contributed by atoms with Gasteiger partial charge >= 0.3 is 11.7 Å². The molecule has 0 atom stereocenters. The quantitative estimate of drug-likeness (QED) is 0.420. The predicted octanol–water partition coefficient (Wildman–Crippen LogP) is 2.45. The molecule has 0 bridgehead atoms. The number of nitrogens with one attached hydrogen (secondary N) is 1. The Labute approximate surface area is 197 Å². The molecule has 9 nitrogen and oxygen atoms in total. The Kier molecular flexibility index (Phi) is 6.33. The van der Waals surface area contributed by atoms with Gasteiger partial charge in [0, 0.05) is 24.0 Å². The molecule has 34 heavy (non-hydrogen) atoms. The molecule has 4 aromatic rings. The van der Waals surface area contributed by atoms with Gasteiger partial charge in [-0.15, -0.1) is 11.3 Å². The van der Waals surface area contributed by atoms with Crippen LogP contribution in [0.1, 0.15) is 30.5 Å². The number of carbonyl (C=O) groups excluding carboxylic acids is 1. The number of rotatable bonds is 7. The molecule has 10 heteroatoms. The molecule has 2 aromatic heterocycles. The Morgan fingerprint density at radius 3 is 2.44 bits per heavy atom. The van der Waals surface area contributed by atoms with Gasteiger partial charge in [0.05, 0.1) is 24.6 Å². The number of carbonyl (C=O) groups is 2. The van der Waals surface area contributed by atoms with Gasteiger partial charge in [-0.05, 0) is 48.0 Å². The summed E-state index contributed by atoms with van der Waals surface area (Å²) >= 11 is 1.000. The van der Waals surface area contributed by atoms with Crippen LogP contribution in [-0.2, 0) is 20.1 Å². The number of thiophene rings is 1. The van der Waals surface area contributed by atoms with Crippen molar-refractivity contribution >= 4 is 34.1 Å². The van der Waals surface area contributed by atoms with E-state index >= 15 is 0 Å². The van der Waals surface area contributed by atoms with Gasteiger partial charge in [0.1, 0.15) is 10.6 Å². The lowest BCUT2D eigenvalue weighted by atomic mass is 10.1. The lowest BCUT2D eigenvalue weighted by Gasteiger charge is -2.11. The molecule has 2 aromatic carbocycles. The van der Waals surface area contributed by atoms with Crippen LogP contribution in [0.3, 0.4) is 0 Å². The zero-order valence-electron chi connectivity index (χ0n) is 18.4. The van der Waals surface area contributed by atoms with Crippen molar-refractivity contribution in [3.63, 3.8) is 0 Å². The second-order valence-corrected chi connectivity index (χ2v) is 8.74. The summed E-state index contributed by atoms with van der Waals surface area (Å²) < 4.78 is 7.50. The van der Waals surface area contributed by atoms with Crippen LogP contribution in [-0.4, -0.2) is 33.2 Å². The standard InChI is InChI=1S/C24H21N3O6S/c1-26-19-9-5-15(21(28)25-12-14-3-6-16(33-2)7-4-14)11-18(19)22(29)27(24(26)32)13-17-8-10-20(34-17)23(30)31/h3-11H,12-13H2,1-2H3,(H,25,28)(H,30,31). The first kappa shape index (κ1) is 23.0. The molecule has 0 spiro atoms.